The summed E-state index contributed by atoms with van der Waals surface area (Å²) >= 11 is 0. The van der Waals surface area contributed by atoms with E-state index in [2.05, 4.69) is 15.6 Å². The SMILES string of the molecule is CCC(C)(C)NC(=O)C(c1ccc(OC)cc1)N(C(=O)Cn1nnc2ccccc21)c1ccc(C)c(F)c1. The van der Waals surface area contributed by atoms with Crippen LogP contribution in [0.15, 0.2) is 66.7 Å². The lowest BCUT2D eigenvalue weighted by Crippen LogP contribution is -2.51. The number of amides is 2. The molecule has 0 aliphatic rings. The van der Waals surface area contributed by atoms with E-state index in [1.807, 2.05) is 39.0 Å². The smallest absolute Gasteiger partial charge is 0.249 e. The number of aromatic nitrogens is 3. The Hall–Kier alpha value is -4.27. The zero-order valence-corrected chi connectivity index (χ0v) is 22.2. The normalized spacial score (nSPS) is 12.3. The molecule has 1 atom stereocenters. The van der Waals surface area contributed by atoms with Gasteiger partial charge >= 0.3 is 0 Å². The van der Waals surface area contributed by atoms with Crippen LogP contribution in [-0.4, -0.2) is 39.5 Å². The molecule has 0 spiro atoms. The van der Waals surface area contributed by atoms with Crippen LogP contribution in [0.3, 0.4) is 0 Å². The van der Waals surface area contributed by atoms with Gasteiger partial charge in [0.2, 0.25) is 11.8 Å². The van der Waals surface area contributed by atoms with Crippen molar-refractivity contribution < 1.29 is 18.7 Å². The maximum Gasteiger partial charge on any atom is 0.249 e. The fourth-order valence-corrected chi connectivity index (χ4v) is 4.10. The lowest BCUT2D eigenvalue weighted by Gasteiger charge is -2.34. The molecule has 1 unspecified atom stereocenters. The molecule has 1 aromatic heterocycles. The second-order valence-electron chi connectivity index (χ2n) is 9.84. The Morgan fingerprint density at radius 3 is 2.47 bits per heavy atom. The number of hydrogen-bond donors (Lipinski definition) is 1. The molecule has 0 aliphatic heterocycles. The van der Waals surface area contributed by atoms with Gasteiger partial charge in [-0.15, -0.1) is 5.10 Å². The Kier molecular flexibility index (Phi) is 7.75. The quantitative estimate of drug-likeness (QED) is 0.339. The molecule has 2 amide bonds. The first-order valence-electron chi connectivity index (χ1n) is 12.5. The minimum atomic E-state index is -1.09. The molecule has 198 valence electrons. The van der Waals surface area contributed by atoms with E-state index in [0.29, 0.717) is 34.3 Å². The van der Waals surface area contributed by atoms with Crippen LogP contribution in [0.2, 0.25) is 0 Å². The van der Waals surface area contributed by atoms with Crippen LogP contribution >= 0.6 is 0 Å². The number of para-hydroxylation sites is 1. The van der Waals surface area contributed by atoms with E-state index in [4.69, 9.17) is 4.74 Å². The fourth-order valence-electron chi connectivity index (χ4n) is 4.10. The Morgan fingerprint density at radius 2 is 1.82 bits per heavy atom. The Bertz CT molecular complexity index is 1450. The highest BCUT2D eigenvalue weighted by Crippen LogP contribution is 2.31. The predicted octanol–water partition coefficient (Wildman–Crippen LogP) is 4.97. The highest BCUT2D eigenvalue weighted by Gasteiger charge is 2.35. The molecular weight excluding hydrogens is 485 g/mol. The van der Waals surface area contributed by atoms with Gasteiger partial charge in [-0.25, -0.2) is 9.07 Å². The first kappa shape index (κ1) is 26.8. The van der Waals surface area contributed by atoms with E-state index in [1.165, 1.54) is 15.6 Å². The topological polar surface area (TPSA) is 89.4 Å². The van der Waals surface area contributed by atoms with Crippen molar-refractivity contribution >= 4 is 28.5 Å². The van der Waals surface area contributed by atoms with E-state index in [-0.39, 0.29) is 18.1 Å². The van der Waals surface area contributed by atoms with Crippen molar-refractivity contribution in [2.45, 2.75) is 52.2 Å². The van der Waals surface area contributed by atoms with Gasteiger partial charge in [-0.1, -0.05) is 42.5 Å². The molecule has 0 aliphatic carbocycles. The van der Waals surface area contributed by atoms with Crippen LogP contribution < -0.4 is 15.0 Å². The van der Waals surface area contributed by atoms with Crippen molar-refractivity contribution in [1.29, 1.82) is 0 Å². The van der Waals surface area contributed by atoms with Gasteiger partial charge < -0.3 is 10.1 Å². The first-order chi connectivity index (χ1) is 18.1. The summed E-state index contributed by atoms with van der Waals surface area (Å²) < 4.78 is 21.6. The van der Waals surface area contributed by atoms with Gasteiger partial charge in [0.05, 0.1) is 12.6 Å². The molecule has 4 aromatic rings. The van der Waals surface area contributed by atoms with Crippen molar-refractivity contribution in [2.24, 2.45) is 0 Å². The highest BCUT2D eigenvalue weighted by molar-refractivity contribution is 6.01. The van der Waals surface area contributed by atoms with Crippen molar-refractivity contribution in [3.63, 3.8) is 0 Å². The van der Waals surface area contributed by atoms with Crippen molar-refractivity contribution in [1.82, 2.24) is 20.3 Å². The highest BCUT2D eigenvalue weighted by atomic mass is 19.1. The van der Waals surface area contributed by atoms with Crippen LogP contribution in [0.5, 0.6) is 5.75 Å². The number of rotatable bonds is 9. The number of halogens is 1. The average Bonchev–Trinajstić information content (AvgIpc) is 3.31. The van der Waals surface area contributed by atoms with Crippen molar-refractivity contribution in [3.05, 3.63) is 83.7 Å². The van der Waals surface area contributed by atoms with E-state index in [9.17, 15) is 14.0 Å². The molecular formula is C29H32FN5O3. The number of anilines is 1. The summed E-state index contributed by atoms with van der Waals surface area (Å²) in [5.74, 6) is -0.710. The number of carbonyl (C=O) groups is 2. The Morgan fingerprint density at radius 1 is 1.11 bits per heavy atom. The van der Waals surface area contributed by atoms with Gasteiger partial charge in [0.1, 0.15) is 29.7 Å². The van der Waals surface area contributed by atoms with Gasteiger partial charge in [0.15, 0.2) is 0 Å². The molecule has 0 saturated heterocycles. The minimum Gasteiger partial charge on any atom is -0.497 e. The molecule has 0 bridgehead atoms. The number of benzene rings is 3. The summed E-state index contributed by atoms with van der Waals surface area (Å²) in [6, 6.07) is 17.6. The summed E-state index contributed by atoms with van der Waals surface area (Å²) in [5.41, 5.74) is 2.02. The molecule has 0 radical (unpaired) electrons. The molecule has 8 nitrogen and oxygen atoms in total. The predicted molar refractivity (Wildman–Crippen MR) is 144 cm³/mol. The maximum absolute atomic E-state index is 14.8. The number of ether oxygens (including phenoxy) is 1. The number of methoxy groups -OCH3 is 1. The van der Waals surface area contributed by atoms with E-state index < -0.39 is 23.3 Å². The summed E-state index contributed by atoms with van der Waals surface area (Å²) in [4.78, 5) is 29.3. The van der Waals surface area contributed by atoms with Crippen LogP contribution in [-0.2, 0) is 16.1 Å². The largest absolute Gasteiger partial charge is 0.497 e. The molecule has 38 heavy (non-hydrogen) atoms. The summed E-state index contributed by atoms with van der Waals surface area (Å²) in [6.07, 6.45) is 0.673. The fraction of sp³-hybridized carbons (Fsp3) is 0.310. The zero-order valence-electron chi connectivity index (χ0n) is 22.2. The third kappa shape index (κ3) is 5.66. The molecule has 1 heterocycles. The lowest BCUT2D eigenvalue weighted by atomic mass is 9.98. The number of carbonyl (C=O) groups excluding carboxylic acids is 2. The maximum atomic E-state index is 14.8. The van der Waals surface area contributed by atoms with Gasteiger partial charge in [0.25, 0.3) is 0 Å². The lowest BCUT2D eigenvalue weighted by molar-refractivity contribution is -0.128. The first-order valence-corrected chi connectivity index (χ1v) is 12.5. The summed E-state index contributed by atoms with van der Waals surface area (Å²) in [5, 5.41) is 11.3. The Labute approximate surface area is 221 Å². The second kappa shape index (κ2) is 11.0. The monoisotopic (exact) mass is 517 g/mol. The standard InChI is InChI=1S/C29H32FN5O3/c1-6-29(3,4)31-28(37)27(20-12-15-22(38-5)16-13-20)35(21-14-11-19(2)23(30)17-21)26(36)18-34-25-10-8-7-9-24(25)32-33-34/h7-17,27H,6,18H2,1-5H3,(H,31,37). The molecule has 0 saturated carbocycles. The zero-order chi connectivity index (χ0) is 27.4. The summed E-state index contributed by atoms with van der Waals surface area (Å²) in [6.45, 7) is 7.23. The van der Waals surface area contributed by atoms with E-state index in [0.717, 1.165) is 0 Å². The molecule has 0 fully saturated rings. The van der Waals surface area contributed by atoms with Crippen LogP contribution in [0.25, 0.3) is 11.0 Å². The Balaban J connectivity index is 1.84. The average molecular weight is 518 g/mol. The van der Waals surface area contributed by atoms with E-state index >= 15 is 0 Å². The van der Waals surface area contributed by atoms with Crippen LogP contribution in [0.4, 0.5) is 10.1 Å². The van der Waals surface area contributed by atoms with Crippen LogP contribution in [0.1, 0.15) is 44.4 Å². The number of fused-ring (bicyclic) bond motifs is 1. The van der Waals surface area contributed by atoms with Gasteiger partial charge in [-0.05, 0) is 74.7 Å². The molecule has 9 heteroatoms. The van der Waals surface area contributed by atoms with Crippen molar-refractivity contribution in [2.75, 3.05) is 12.0 Å². The van der Waals surface area contributed by atoms with Gasteiger partial charge in [-0.3, -0.25) is 14.5 Å². The van der Waals surface area contributed by atoms with Gasteiger partial charge in [-0.2, -0.15) is 0 Å². The number of hydrogen-bond acceptors (Lipinski definition) is 5. The van der Waals surface area contributed by atoms with Crippen LogP contribution in [0, 0.1) is 12.7 Å². The molecule has 1 N–H and O–H groups in total. The number of nitrogens with zero attached hydrogens (tertiary/aromatic N) is 4. The van der Waals surface area contributed by atoms with Crippen molar-refractivity contribution in [3.8, 4) is 5.75 Å². The molecule has 4 rings (SSSR count). The second-order valence-corrected chi connectivity index (χ2v) is 9.84. The number of nitrogens with one attached hydrogen (secondary N) is 1. The van der Waals surface area contributed by atoms with E-state index in [1.54, 1.807) is 56.5 Å². The summed E-state index contributed by atoms with van der Waals surface area (Å²) in [7, 11) is 1.55. The third-order valence-electron chi connectivity index (χ3n) is 6.69. The third-order valence-corrected chi connectivity index (χ3v) is 6.69. The minimum absolute atomic E-state index is 0.201. The molecule has 3 aromatic carbocycles. The number of aryl methyl sites for hydroxylation is 1. The van der Waals surface area contributed by atoms with Gasteiger partial charge in [0, 0.05) is 11.2 Å².